The van der Waals surface area contributed by atoms with Crippen molar-refractivity contribution < 1.29 is 9.53 Å². The maximum absolute atomic E-state index is 10.5. The quantitative estimate of drug-likeness (QED) is 0.391. The Morgan fingerprint density at radius 2 is 2.43 bits per heavy atom. The first-order valence-electron chi connectivity index (χ1n) is 4.67. The lowest BCUT2D eigenvalue weighted by Crippen LogP contribution is -2.03. The normalized spacial score (nSPS) is 12.6. The van der Waals surface area contributed by atoms with Gasteiger partial charge in [0.15, 0.2) is 0 Å². The van der Waals surface area contributed by atoms with E-state index in [-0.39, 0.29) is 12.6 Å². The molecule has 0 atom stereocenters. The minimum absolute atomic E-state index is 0.256. The van der Waals surface area contributed by atoms with Gasteiger partial charge in [0.25, 0.3) is 0 Å². The number of hydrogen-bond acceptors (Lipinski definition) is 2. The first-order chi connectivity index (χ1) is 6.68. The highest BCUT2D eigenvalue weighted by molar-refractivity contribution is 5.86. The molecule has 0 aromatic rings. The van der Waals surface area contributed by atoms with Gasteiger partial charge in [-0.2, -0.15) is 0 Å². The third kappa shape index (κ3) is 7.35. The van der Waals surface area contributed by atoms with E-state index in [0.717, 1.165) is 0 Å². The zero-order valence-corrected chi connectivity index (χ0v) is 8.71. The minimum Gasteiger partial charge on any atom is -0.458 e. The molecular formula is C12H17O2. The van der Waals surface area contributed by atoms with Crippen molar-refractivity contribution in [1.82, 2.24) is 0 Å². The molecular weight excluding hydrogens is 176 g/mol. The fraction of sp³-hybridized carbons (Fsp3) is 0.417. The van der Waals surface area contributed by atoms with E-state index < -0.39 is 0 Å². The molecule has 0 aliphatic heterocycles. The van der Waals surface area contributed by atoms with Gasteiger partial charge in [-0.3, -0.25) is 0 Å². The first-order valence-corrected chi connectivity index (χ1v) is 4.67. The second-order valence-corrected chi connectivity index (χ2v) is 2.97. The molecule has 0 aromatic carbocycles. The van der Waals surface area contributed by atoms with E-state index in [1.165, 1.54) is 25.3 Å². The van der Waals surface area contributed by atoms with Crippen molar-refractivity contribution in [2.75, 3.05) is 6.61 Å². The van der Waals surface area contributed by atoms with Crippen LogP contribution in [0.2, 0.25) is 0 Å². The summed E-state index contributed by atoms with van der Waals surface area (Å²) in [7, 11) is 0. The Hall–Kier alpha value is -1.31. The molecule has 0 unspecified atom stereocenters. The van der Waals surface area contributed by atoms with Gasteiger partial charge in [-0.15, -0.1) is 0 Å². The molecule has 0 N–H and O–H groups in total. The van der Waals surface area contributed by atoms with Gasteiger partial charge in [0.05, 0.1) is 0 Å². The molecule has 0 saturated heterocycles. The largest absolute Gasteiger partial charge is 0.458 e. The highest BCUT2D eigenvalue weighted by Crippen LogP contribution is 2.03. The lowest BCUT2D eigenvalue weighted by molar-refractivity contribution is -0.137. The van der Waals surface area contributed by atoms with Gasteiger partial charge in [0.1, 0.15) is 6.61 Å². The van der Waals surface area contributed by atoms with Gasteiger partial charge >= 0.3 is 5.97 Å². The molecule has 1 radical (unpaired) electrons. The summed E-state index contributed by atoms with van der Waals surface area (Å²) in [6, 6.07) is 0. The van der Waals surface area contributed by atoms with Gasteiger partial charge < -0.3 is 4.74 Å². The number of rotatable bonds is 3. The third-order valence-electron chi connectivity index (χ3n) is 1.49. The van der Waals surface area contributed by atoms with Crippen molar-refractivity contribution in [3.8, 4) is 0 Å². The van der Waals surface area contributed by atoms with Crippen LogP contribution in [0.3, 0.4) is 0 Å². The third-order valence-corrected chi connectivity index (χ3v) is 1.49. The molecule has 2 nitrogen and oxygen atoms in total. The summed E-state index contributed by atoms with van der Waals surface area (Å²) in [6.07, 6.45) is 10.5. The van der Waals surface area contributed by atoms with Gasteiger partial charge in [-0.1, -0.05) is 25.3 Å². The molecule has 0 bridgehead atoms. The summed E-state index contributed by atoms with van der Waals surface area (Å²) in [5.74, 6) is -0.366. The number of carbonyl (C=O) groups is 1. The number of esters is 1. The lowest BCUT2D eigenvalue weighted by Gasteiger charge is -1.97. The van der Waals surface area contributed by atoms with E-state index in [1.54, 1.807) is 6.92 Å². The van der Waals surface area contributed by atoms with Crippen molar-refractivity contribution in [3.05, 3.63) is 37.0 Å². The zero-order valence-electron chi connectivity index (χ0n) is 8.71. The van der Waals surface area contributed by atoms with Crippen LogP contribution in [-0.4, -0.2) is 12.6 Å². The Balaban J connectivity index is 0.000000280. The van der Waals surface area contributed by atoms with E-state index in [0.29, 0.717) is 5.57 Å². The van der Waals surface area contributed by atoms with Crippen LogP contribution in [0, 0.1) is 6.08 Å². The van der Waals surface area contributed by atoms with Gasteiger partial charge in [-0.05, 0) is 32.3 Å². The predicted molar refractivity (Wildman–Crippen MR) is 57.6 cm³/mol. The second-order valence-electron chi connectivity index (χ2n) is 2.97. The number of carbonyl (C=O) groups excluding carboxylic acids is 1. The molecule has 77 valence electrons. The van der Waals surface area contributed by atoms with Crippen molar-refractivity contribution >= 4 is 5.97 Å². The van der Waals surface area contributed by atoms with Crippen LogP contribution in [0.5, 0.6) is 0 Å². The summed E-state index contributed by atoms with van der Waals surface area (Å²) in [5.41, 5.74) is 0.414. The fourth-order valence-electron chi connectivity index (χ4n) is 0.768. The van der Waals surface area contributed by atoms with Crippen LogP contribution in [0.15, 0.2) is 30.9 Å². The Kier molecular flexibility index (Phi) is 7.52. The zero-order chi connectivity index (χ0) is 10.8. The van der Waals surface area contributed by atoms with Crippen molar-refractivity contribution in [1.29, 1.82) is 0 Å². The molecule has 1 aliphatic carbocycles. The van der Waals surface area contributed by atoms with Crippen molar-refractivity contribution in [3.63, 3.8) is 0 Å². The fourth-order valence-corrected chi connectivity index (χ4v) is 0.768. The maximum atomic E-state index is 10.5. The Morgan fingerprint density at radius 1 is 1.71 bits per heavy atom. The molecule has 14 heavy (non-hydrogen) atoms. The van der Waals surface area contributed by atoms with E-state index in [4.69, 9.17) is 0 Å². The van der Waals surface area contributed by atoms with E-state index in [1.807, 2.05) is 0 Å². The molecule has 0 heterocycles. The Labute approximate surface area is 86.0 Å². The summed E-state index contributed by atoms with van der Waals surface area (Å²) in [4.78, 5) is 10.5. The van der Waals surface area contributed by atoms with Crippen molar-refractivity contribution in [2.24, 2.45) is 0 Å². The van der Waals surface area contributed by atoms with Crippen LogP contribution in [0.25, 0.3) is 0 Å². The average molecular weight is 193 g/mol. The van der Waals surface area contributed by atoms with Gasteiger partial charge in [0, 0.05) is 5.57 Å². The molecule has 1 aliphatic rings. The molecule has 0 amide bonds. The highest BCUT2D eigenvalue weighted by atomic mass is 16.5. The monoisotopic (exact) mass is 193 g/mol. The summed E-state index contributed by atoms with van der Waals surface area (Å²) in [5, 5.41) is 0. The summed E-state index contributed by atoms with van der Waals surface area (Å²) >= 11 is 0. The number of ether oxygens (including phenoxy) is 1. The van der Waals surface area contributed by atoms with E-state index >= 15 is 0 Å². The molecule has 0 spiro atoms. The van der Waals surface area contributed by atoms with Gasteiger partial charge in [0.2, 0.25) is 0 Å². The van der Waals surface area contributed by atoms with Crippen LogP contribution in [-0.2, 0) is 9.53 Å². The van der Waals surface area contributed by atoms with Crippen molar-refractivity contribution in [2.45, 2.75) is 26.2 Å². The molecule has 0 aromatic heterocycles. The van der Waals surface area contributed by atoms with Crippen LogP contribution < -0.4 is 0 Å². The van der Waals surface area contributed by atoms with E-state index in [9.17, 15) is 4.79 Å². The minimum atomic E-state index is -0.366. The standard InChI is InChI=1S/C7H10O2.C5H7/c1-4-5-9-7(8)6(2)3;1-2-4-5-3-1/h4H,1-2,5H2,3H3;1H,2,4-5H2. The topological polar surface area (TPSA) is 26.3 Å². The SMILES string of the molecule is C=CCOC(=O)C(=C)C.[C]1=CCCC1. The van der Waals surface area contributed by atoms with E-state index in [2.05, 4.69) is 30.0 Å². The summed E-state index contributed by atoms with van der Waals surface area (Å²) in [6.45, 7) is 8.64. The Morgan fingerprint density at radius 3 is 2.71 bits per heavy atom. The smallest absolute Gasteiger partial charge is 0.333 e. The second kappa shape index (κ2) is 8.30. The maximum Gasteiger partial charge on any atom is 0.333 e. The lowest BCUT2D eigenvalue weighted by atomic mass is 10.4. The molecule has 2 heteroatoms. The first kappa shape index (κ1) is 12.7. The number of allylic oxidation sites excluding steroid dienone is 2. The number of hydrogen-bond donors (Lipinski definition) is 0. The van der Waals surface area contributed by atoms with Crippen LogP contribution >= 0.6 is 0 Å². The molecule has 1 rings (SSSR count). The molecule has 0 saturated carbocycles. The average Bonchev–Trinajstić information content (AvgIpc) is 2.71. The van der Waals surface area contributed by atoms with Gasteiger partial charge in [-0.25, -0.2) is 4.79 Å². The summed E-state index contributed by atoms with van der Waals surface area (Å²) < 4.78 is 4.60. The van der Waals surface area contributed by atoms with Crippen LogP contribution in [0.1, 0.15) is 26.2 Å². The van der Waals surface area contributed by atoms with Crippen LogP contribution in [0.4, 0.5) is 0 Å². The predicted octanol–water partition coefficient (Wildman–Crippen LogP) is 2.82. The Bertz CT molecular complexity index is 220. The highest BCUT2D eigenvalue weighted by Gasteiger charge is 1.98. The molecule has 0 fully saturated rings.